The lowest BCUT2D eigenvalue weighted by molar-refractivity contribution is 0.245. The van der Waals surface area contributed by atoms with Crippen molar-refractivity contribution >= 4 is 10.0 Å². The van der Waals surface area contributed by atoms with Crippen molar-refractivity contribution in [2.75, 3.05) is 19.7 Å². The second-order valence-corrected chi connectivity index (χ2v) is 7.33. The Bertz CT molecular complexity index is 721. The van der Waals surface area contributed by atoms with Crippen LogP contribution >= 0.6 is 0 Å². The number of rotatable bonds is 5. The molecule has 124 valence electrons. The summed E-state index contributed by atoms with van der Waals surface area (Å²) in [6.45, 7) is 3.40. The molecule has 8 heteroatoms. The molecule has 0 bridgehead atoms. The van der Waals surface area contributed by atoms with Crippen molar-refractivity contribution < 1.29 is 13.2 Å². The maximum atomic E-state index is 12.7. The minimum absolute atomic E-state index is 0.164. The number of nitrogens with zero attached hydrogens (tertiary/aromatic N) is 4. The Morgan fingerprint density at radius 1 is 1.13 bits per heavy atom. The van der Waals surface area contributed by atoms with E-state index in [1.165, 1.54) is 4.31 Å². The third-order valence-electron chi connectivity index (χ3n) is 3.96. The largest absolute Gasteiger partial charge is 0.494 e. The smallest absolute Gasteiger partial charge is 0.243 e. The predicted octanol–water partition coefficient (Wildman–Crippen LogP) is 1.70. The minimum Gasteiger partial charge on any atom is -0.494 e. The molecule has 2 aromatic rings. The molecule has 1 fully saturated rings. The third-order valence-corrected chi connectivity index (χ3v) is 5.87. The molecule has 0 atom stereocenters. The molecule has 1 saturated heterocycles. The van der Waals surface area contributed by atoms with Crippen LogP contribution in [0.4, 0.5) is 0 Å². The van der Waals surface area contributed by atoms with E-state index >= 15 is 0 Å². The van der Waals surface area contributed by atoms with Crippen molar-refractivity contribution in [3.05, 3.63) is 36.7 Å². The summed E-state index contributed by atoms with van der Waals surface area (Å²) in [5, 5.41) is 8.27. The van der Waals surface area contributed by atoms with Crippen LogP contribution in [-0.2, 0) is 10.0 Å². The first-order valence-corrected chi connectivity index (χ1v) is 9.14. The average Bonchev–Trinajstić information content (AvgIpc) is 3.10. The number of benzene rings is 1. The zero-order valence-electron chi connectivity index (χ0n) is 13.0. The fraction of sp³-hybridized carbons (Fsp3) is 0.467. The van der Waals surface area contributed by atoms with Crippen LogP contribution in [0.1, 0.15) is 25.8 Å². The number of piperidine rings is 1. The first-order valence-electron chi connectivity index (χ1n) is 7.70. The molecule has 0 amide bonds. The van der Waals surface area contributed by atoms with Gasteiger partial charge in [0.2, 0.25) is 10.0 Å². The maximum Gasteiger partial charge on any atom is 0.243 e. The second kappa shape index (κ2) is 6.67. The van der Waals surface area contributed by atoms with Crippen molar-refractivity contribution in [2.24, 2.45) is 0 Å². The van der Waals surface area contributed by atoms with E-state index in [-0.39, 0.29) is 6.04 Å². The van der Waals surface area contributed by atoms with E-state index in [1.54, 1.807) is 41.5 Å². The van der Waals surface area contributed by atoms with Crippen LogP contribution < -0.4 is 4.74 Å². The van der Waals surface area contributed by atoms with E-state index in [2.05, 4.69) is 10.2 Å². The highest BCUT2D eigenvalue weighted by Crippen LogP contribution is 2.26. The molecule has 0 N–H and O–H groups in total. The summed E-state index contributed by atoms with van der Waals surface area (Å²) >= 11 is 0. The third kappa shape index (κ3) is 3.37. The van der Waals surface area contributed by atoms with E-state index in [9.17, 15) is 8.42 Å². The summed E-state index contributed by atoms with van der Waals surface area (Å²) in [4.78, 5) is 1.97. The Morgan fingerprint density at radius 3 is 2.30 bits per heavy atom. The summed E-state index contributed by atoms with van der Waals surface area (Å²) in [7, 11) is -3.46. The summed E-state index contributed by atoms with van der Waals surface area (Å²) < 4.78 is 32.3. The van der Waals surface area contributed by atoms with Gasteiger partial charge >= 0.3 is 0 Å². The lowest BCUT2D eigenvalue weighted by Crippen LogP contribution is -2.39. The first-order chi connectivity index (χ1) is 11.1. The SMILES string of the molecule is CCOc1ccc(S(=O)(=O)N2CCC(n3nccn3)CC2)cc1. The normalized spacial score (nSPS) is 17.3. The van der Waals surface area contributed by atoms with Gasteiger partial charge in [-0.15, -0.1) is 0 Å². The zero-order valence-corrected chi connectivity index (χ0v) is 13.8. The van der Waals surface area contributed by atoms with E-state index in [1.807, 2.05) is 6.92 Å². The van der Waals surface area contributed by atoms with Crippen LogP contribution in [0.2, 0.25) is 0 Å². The lowest BCUT2D eigenvalue weighted by Gasteiger charge is -2.30. The van der Waals surface area contributed by atoms with Crippen molar-refractivity contribution in [3.63, 3.8) is 0 Å². The van der Waals surface area contributed by atoms with E-state index < -0.39 is 10.0 Å². The van der Waals surface area contributed by atoms with Gasteiger partial charge in [-0.05, 0) is 44.0 Å². The second-order valence-electron chi connectivity index (χ2n) is 5.39. The predicted molar refractivity (Wildman–Crippen MR) is 84.7 cm³/mol. The number of sulfonamides is 1. The quantitative estimate of drug-likeness (QED) is 0.830. The summed E-state index contributed by atoms with van der Waals surface area (Å²) in [6, 6.07) is 6.74. The molecule has 0 aliphatic carbocycles. The molecule has 1 aliphatic rings. The Balaban J connectivity index is 1.68. The summed E-state index contributed by atoms with van der Waals surface area (Å²) in [5.74, 6) is 0.676. The average molecular weight is 336 g/mol. The lowest BCUT2D eigenvalue weighted by atomic mass is 10.1. The standard InChI is InChI=1S/C15H20N4O3S/c1-2-22-14-3-5-15(6-4-14)23(20,21)18-11-7-13(8-12-18)19-16-9-10-17-19/h3-6,9-10,13H,2,7-8,11-12H2,1H3. The summed E-state index contributed by atoms with van der Waals surface area (Å²) in [5.41, 5.74) is 0. The highest BCUT2D eigenvalue weighted by Gasteiger charge is 2.30. The number of aromatic nitrogens is 3. The molecule has 3 rings (SSSR count). The molecule has 0 saturated carbocycles. The van der Waals surface area contributed by atoms with E-state index in [0.29, 0.717) is 43.2 Å². The van der Waals surface area contributed by atoms with Gasteiger partial charge in [0, 0.05) is 13.1 Å². The van der Waals surface area contributed by atoms with Gasteiger partial charge in [-0.25, -0.2) is 8.42 Å². The van der Waals surface area contributed by atoms with Gasteiger partial charge in [0.15, 0.2) is 0 Å². The Labute approximate surface area is 135 Å². The molecule has 0 spiro atoms. The zero-order chi connectivity index (χ0) is 16.3. The molecule has 1 aromatic carbocycles. The van der Waals surface area contributed by atoms with Crippen molar-refractivity contribution in [1.29, 1.82) is 0 Å². The fourth-order valence-electron chi connectivity index (χ4n) is 2.75. The van der Waals surface area contributed by atoms with E-state index in [0.717, 1.165) is 0 Å². The van der Waals surface area contributed by atoms with Crippen LogP contribution in [0, 0.1) is 0 Å². The molecule has 1 aromatic heterocycles. The highest BCUT2D eigenvalue weighted by atomic mass is 32.2. The molecule has 7 nitrogen and oxygen atoms in total. The Kier molecular flexibility index (Phi) is 4.63. The Morgan fingerprint density at radius 2 is 1.74 bits per heavy atom. The topological polar surface area (TPSA) is 77.3 Å². The van der Waals surface area contributed by atoms with Crippen LogP contribution in [0.5, 0.6) is 5.75 Å². The van der Waals surface area contributed by atoms with Gasteiger partial charge in [-0.2, -0.15) is 19.3 Å². The molecular formula is C15H20N4O3S. The first kappa shape index (κ1) is 15.9. The van der Waals surface area contributed by atoms with Gasteiger partial charge in [0.25, 0.3) is 0 Å². The van der Waals surface area contributed by atoms with Gasteiger partial charge in [-0.1, -0.05) is 0 Å². The van der Waals surface area contributed by atoms with Gasteiger partial charge < -0.3 is 4.74 Å². The molecule has 0 unspecified atom stereocenters. The van der Waals surface area contributed by atoms with Gasteiger partial charge in [0.05, 0.1) is 29.9 Å². The maximum absolute atomic E-state index is 12.7. The molecular weight excluding hydrogens is 316 g/mol. The minimum atomic E-state index is -3.46. The van der Waals surface area contributed by atoms with Gasteiger partial charge in [0.1, 0.15) is 5.75 Å². The van der Waals surface area contributed by atoms with Crippen LogP contribution in [0.15, 0.2) is 41.6 Å². The molecule has 1 aliphatic heterocycles. The fourth-order valence-corrected chi connectivity index (χ4v) is 4.22. The monoisotopic (exact) mass is 336 g/mol. The van der Waals surface area contributed by atoms with Crippen LogP contribution in [0.25, 0.3) is 0 Å². The van der Waals surface area contributed by atoms with Gasteiger partial charge in [-0.3, -0.25) is 0 Å². The Hall–Kier alpha value is -1.93. The van der Waals surface area contributed by atoms with Crippen LogP contribution in [0.3, 0.4) is 0 Å². The number of hydrogen-bond donors (Lipinski definition) is 0. The van der Waals surface area contributed by atoms with Crippen molar-refractivity contribution in [3.8, 4) is 5.75 Å². The van der Waals surface area contributed by atoms with E-state index in [4.69, 9.17) is 4.74 Å². The van der Waals surface area contributed by atoms with Crippen molar-refractivity contribution in [2.45, 2.75) is 30.7 Å². The molecule has 2 heterocycles. The van der Waals surface area contributed by atoms with Crippen molar-refractivity contribution in [1.82, 2.24) is 19.3 Å². The molecule has 0 radical (unpaired) electrons. The van der Waals surface area contributed by atoms with Crippen LogP contribution in [-0.4, -0.2) is 47.4 Å². The number of hydrogen-bond acceptors (Lipinski definition) is 5. The summed E-state index contributed by atoms with van der Waals surface area (Å²) in [6.07, 6.45) is 4.71. The molecule has 23 heavy (non-hydrogen) atoms. The number of ether oxygens (including phenoxy) is 1. The highest BCUT2D eigenvalue weighted by molar-refractivity contribution is 7.89.